The molecule has 0 bridgehead atoms. The normalized spacial score (nSPS) is 10.3. The van der Waals surface area contributed by atoms with Crippen LogP contribution in [0.3, 0.4) is 0 Å². The Kier molecular flexibility index (Phi) is 2.54. The number of hydrogen-bond acceptors (Lipinski definition) is 2. The Labute approximate surface area is 94.9 Å². The van der Waals surface area contributed by atoms with Crippen LogP contribution in [0.25, 0.3) is 5.69 Å². The molecule has 16 heavy (non-hydrogen) atoms. The first-order valence-corrected chi connectivity index (χ1v) is 4.76. The first-order chi connectivity index (χ1) is 7.58. The molecule has 2 aromatic rings. The summed E-state index contributed by atoms with van der Waals surface area (Å²) in [6.07, 6.45) is 2.96. The van der Waals surface area contributed by atoms with Gasteiger partial charge in [0.1, 0.15) is 0 Å². The van der Waals surface area contributed by atoms with E-state index in [1.165, 1.54) is 35.2 Å². The van der Waals surface area contributed by atoms with Crippen LogP contribution < -0.4 is 5.69 Å². The van der Waals surface area contributed by atoms with Crippen molar-refractivity contribution in [3.05, 3.63) is 51.7 Å². The van der Waals surface area contributed by atoms with Crippen molar-refractivity contribution < 1.29 is 9.90 Å². The predicted molar refractivity (Wildman–Crippen MR) is 58.4 cm³/mol. The van der Waals surface area contributed by atoms with Crippen molar-refractivity contribution in [2.45, 2.75) is 0 Å². The number of benzene rings is 1. The van der Waals surface area contributed by atoms with E-state index in [0.717, 1.165) is 0 Å². The monoisotopic (exact) mass is 238 g/mol. The number of hydrogen-bond donors (Lipinski definition) is 2. The third-order valence-electron chi connectivity index (χ3n) is 2.06. The van der Waals surface area contributed by atoms with E-state index in [9.17, 15) is 9.59 Å². The van der Waals surface area contributed by atoms with Crippen LogP contribution in [0.15, 0.2) is 35.4 Å². The van der Waals surface area contributed by atoms with Gasteiger partial charge in [-0.1, -0.05) is 11.6 Å². The summed E-state index contributed by atoms with van der Waals surface area (Å²) in [4.78, 5) is 24.6. The quantitative estimate of drug-likeness (QED) is 0.833. The summed E-state index contributed by atoms with van der Waals surface area (Å²) in [6, 6.07) is 4.22. The molecule has 0 radical (unpaired) electrons. The highest BCUT2D eigenvalue weighted by Gasteiger charge is 2.08. The number of H-pyrrole nitrogens is 1. The molecule has 1 aromatic heterocycles. The van der Waals surface area contributed by atoms with Crippen molar-refractivity contribution in [2.75, 3.05) is 0 Å². The molecule has 1 heterocycles. The van der Waals surface area contributed by atoms with Crippen LogP contribution in [0, 0.1) is 0 Å². The largest absolute Gasteiger partial charge is 0.478 e. The SMILES string of the molecule is O=C(O)c1cc(Cl)cc(-n2cc[nH]c2=O)c1. The lowest BCUT2D eigenvalue weighted by Crippen LogP contribution is -2.14. The summed E-state index contributed by atoms with van der Waals surface area (Å²) in [6.45, 7) is 0. The van der Waals surface area contributed by atoms with Crippen LogP contribution >= 0.6 is 11.6 Å². The number of aromatic carboxylic acids is 1. The van der Waals surface area contributed by atoms with Gasteiger partial charge in [-0.3, -0.25) is 4.57 Å². The van der Waals surface area contributed by atoms with Gasteiger partial charge in [-0.05, 0) is 18.2 Å². The Hall–Kier alpha value is -2.01. The molecule has 2 rings (SSSR count). The minimum Gasteiger partial charge on any atom is -0.478 e. The van der Waals surface area contributed by atoms with Gasteiger partial charge in [0.2, 0.25) is 0 Å². The van der Waals surface area contributed by atoms with E-state index < -0.39 is 5.97 Å². The summed E-state index contributed by atoms with van der Waals surface area (Å²) in [7, 11) is 0. The number of carbonyl (C=O) groups is 1. The van der Waals surface area contributed by atoms with E-state index in [-0.39, 0.29) is 16.3 Å². The molecule has 0 saturated heterocycles. The van der Waals surface area contributed by atoms with Gasteiger partial charge < -0.3 is 10.1 Å². The molecule has 2 N–H and O–H groups in total. The first kappa shape index (κ1) is 10.5. The van der Waals surface area contributed by atoms with E-state index in [1.54, 1.807) is 0 Å². The molecule has 0 aliphatic carbocycles. The summed E-state index contributed by atoms with van der Waals surface area (Å²) in [5.74, 6) is -1.09. The van der Waals surface area contributed by atoms with Gasteiger partial charge in [-0.2, -0.15) is 0 Å². The highest BCUT2D eigenvalue weighted by molar-refractivity contribution is 6.31. The van der Waals surface area contributed by atoms with Crippen molar-refractivity contribution in [3.63, 3.8) is 0 Å². The fourth-order valence-corrected chi connectivity index (χ4v) is 1.59. The number of nitrogens with zero attached hydrogens (tertiary/aromatic N) is 1. The second-order valence-corrected chi connectivity index (χ2v) is 3.57. The third kappa shape index (κ3) is 1.85. The molecule has 82 valence electrons. The molecule has 1 aromatic carbocycles. The van der Waals surface area contributed by atoms with E-state index in [0.29, 0.717) is 5.69 Å². The number of carboxylic acids is 1. The molecule has 0 aliphatic rings. The number of carboxylic acid groups (broad SMARTS) is 1. The van der Waals surface area contributed by atoms with E-state index >= 15 is 0 Å². The summed E-state index contributed by atoms with van der Waals surface area (Å²) in [5.41, 5.74) is 0.102. The average Bonchev–Trinajstić information content (AvgIpc) is 2.63. The van der Waals surface area contributed by atoms with E-state index in [4.69, 9.17) is 16.7 Å². The molecule has 0 spiro atoms. The van der Waals surface area contributed by atoms with Crippen LogP contribution in [0.1, 0.15) is 10.4 Å². The lowest BCUT2D eigenvalue weighted by molar-refractivity contribution is 0.0697. The summed E-state index contributed by atoms with van der Waals surface area (Å²) in [5, 5.41) is 9.11. The van der Waals surface area contributed by atoms with Gasteiger partial charge >= 0.3 is 11.7 Å². The van der Waals surface area contributed by atoms with Crippen molar-refractivity contribution in [1.82, 2.24) is 9.55 Å². The molecule has 6 heteroatoms. The Morgan fingerprint density at radius 2 is 2.12 bits per heavy atom. The maximum Gasteiger partial charge on any atom is 0.335 e. The van der Waals surface area contributed by atoms with Gasteiger partial charge in [0.05, 0.1) is 11.3 Å². The topological polar surface area (TPSA) is 75.1 Å². The number of nitrogens with one attached hydrogen (secondary N) is 1. The molecule has 0 unspecified atom stereocenters. The molecule has 0 atom stereocenters. The Morgan fingerprint density at radius 3 is 2.69 bits per heavy atom. The summed E-state index contributed by atoms with van der Waals surface area (Å²) < 4.78 is 1.28. The Morgan fingerprint density at radius 1 is 1.38 bits per heavy atom. The van der Waals surface area contributed by atoms with Crippen LogP contribution in [-0.2, 0) is 0 Å². The molecule has 0 aliphatic heterocycles. The second-order valence-electron chi connectivity index (χ2n) is 3.14. The smallest absolute Gasteiger partial charge is 0.335 e. The van der Waals surface area contributed by atoms with Gasteiger partial charge in [0.15, 0.2) is 0 Å². The van der Waals surface area contributed by atoms with Crippen molar-refractivity contribution in [3.8, 4) is 5.69 Å². The number of rotatable bonds is 2. The lowest BCUT2D eigenvalue weighted by atomic mass is 10.2. The second kappa shape index (κ2) is 3.86. The molecule has 0 fully saturated rings. The maximum absolute atomic E-state index is 11.3. The van der Waals surface area contributed by atoms with Crippen molar-refractivity contribution >= 4 is 17.6 Å². The predicted octanol–water partition coefficient (Wildman–Crippen LogP) is 1.52. The van der Waals surface area contributed by atoms with E-state index in [1.807, 2.05) is 0 Å². The van der Waals surface area contributed by atoms with E-state index in [2.05, 4.69) is 4.98 Å². The van der Waals surface area contributed by atoms with Gasteiger partial charge in [-0.25, -0.2) is 9.59 Å². The Bertz CT molecular complexity index is 600. The molecular formula is C10H7ClN2O3. The van der Waals surface area contributed by atoms with Gasteiger partial charge in [0.25, 0.3) is 0 Å². The maximum atomic E-state index is 11.3. The Balaban J connectivity index is 2.62. The number of halogens is 1. The fraction of sp³-hybridized carbons (Fsp3) is 0. The lowest BCUT2D eigenvalue weighted by Gasteiger charge is -2.03. The summed E-state index contributed by atoms with van der Waals surface area (Å²) >= 11 is 5.77. The third-order valence-corrected chi connectivity index (χ3v) is 2.28. The number of imidazole rings is 1. The van der Waals surface area contributed by atoms with Crippen LogP contribution in [-0.4, -0.2) is 20.6 Å². The highest BCUT2D eigenvalue weighted by atomic mass is 35.5. The fourth-order valence-electron chi connectivity index (χ4n) is 1.36. The molecular weight excluding hydrogens is 232 g/mol. The molecule has 0 amide bonds. The zero-order chi connectivity index (χ0) is 11.7. The average molecular weight is 239 g/mol. The first-order valence-electron chi connectivity index (χ1n) is 4.38. The molecule has 0 saturated carbocycles. The zero-order valence-corrected chi connectivity index (χ0v) is 8.73. The number of aromatic nitrogens is 2. The van der Waals surface area contributed by atoms with Crippen LogP contribution in [0.4, 0.5) is 0 Å². The molecule has 5 nitrogen and oxygen atoms in total. The van der Waals surface area contributed by atoms with Gasteiger partial charge in [0, 0.05) is 17.4 Å². The minimum absolute atomic E-state index is 0.0376. The highest BCUT2D eigenvalue weighted by Crippen LogP contribution is 2.17. The number of aromatic amines is 1. The van der Waals surface area contributed by atoms with Crippen molar-refractivity contribution in [2.24, 2.45) is 0 Å². The standard InChI is InChI=1S/C10H7ClN2O3/c11-7-3-6(9(14)15)4-8(5-7)13-2-1-12-10(13)16/h1-5H,(H,12,16)(H,14,15). The van der Waals surface area contributed by atoms with Crippen LogP contribution in [0.5, 0.6) is 0 Å². The zero-order valence-electron chi connectivity index (χ0n) is 7.98. The van der Waals surface area contributed by atoms with Crippen LogP contribution in [0.2, 0.25) is 5.02 Å². The minimum atomic E-state index is -1.09. The van der Waals surface area contributed by atoms with Crippen molar-refractivity contribution in [1.29, 1.82) is 0 Å². The van der Waals surface area contributed by atoms with Gasteiger partial charge in [-0.15, -0.1) is 0 Å².